The highest BCUT2D eigenvalue weighted by atomic mass is 19.1. The Kier molecular flexibility index (Phi) is 7.67. The van der Waals surface area contributed by atoms with E-state index in [0.29, 0.717) is 6.42 Å². The number of Topliss-reactive ketones (excluding diaryl/α,β-unsaturated/α-hetero) is 1. The molecule has 184 valence electrons. The van der Waals surface area contributed by atoms with E-state index in [4.69, 9.17) is 0 Å². The first kappa shape index (κ1) is 24.1. The minimum absolute atomic E-state index is 0.199. The molecular formula is C31H32FN3O. The third-order valence-electron chi connectivity index (χ3n) is 6.99. The summed E-state index contributed by atoms with van der Waals surface area (Å²) in [6, 6.07) is 18.9. The van der Waals surface area contributed by atoms with Crippen molar-refractivity contribution in [3.05, 3.63) is 125 Å². The number of allylic oxidation sites excluding steroid dienone is 2. The fourth-order valence-electron chi connectivity index (χ4n) is 4.96. The Morgan fingerprint density at radius 1 is 0.972 bits per heavy atom. The number of ketones is 1. The van der Waals surface area contributed by atoms with E-state index in [0.717, 1.165) is 62.3 Å². The standard InChI is InChI=1S/C31H32FN3O/c32-29-11-6-25(7-12-29)21-35-17-3-4-26-9-10-27(20-28(26)22-35)31(36)13-8-24-14-18-34(19-15-24)23-30-5-1-2-16-33-30/h1-2,5-7,9-12,14-16,18-20,24H,3-4,8,13,17,21-23H2. The number of rotatable bonds is 8. The smallest absolute Gasteiger partial charge is 0.162 e. The van der Waals surface area contributed by atoms with Gasteiger partial charge in [-0.2, -0.15) is 0 Å². The van der Waals surface area contributed by atoms with Crippen molar-refractivity contribution in [2.24, 2.45) is 5.92 Å². The lowest BCUT2D eigenvalue weighted by Gasteiger charge is -2.21. The average molecular weight is 482 g/mol. The number of aromatic nitrogens is 1. The first-order chi connectivity index (χ1) is 17.6. The van der Waals surface area contributed by atoms with Crippen LogP contribution in [0.1, 0.15) is 52.0 Å². The van der Waals surface area contributed by atoms with Gasteiger partial charge < -0.3 is 4.90 Å². The molecule has 0 saturated heterocycles. The summed E-state index contributed by atoms with van der Waals surface area (Å²) >= 11 is 0. The quantitative estimate of drug-likeness (QED) is 0.354. The molecule has 2 aliphatic rings. The minimum Gasteiger partial charge on any atom is -0.349 e. The molecule has 3 heterocycles. The van der Waals surface area contributed by atoms with Crippen LogP contribution in [0, 0.1) is 11.7 Å². The molecule has 1 aromatic heterocycles. The molecule has 0 atom stereocenters. The van der Waals surface area contributed by atoms with E-state index in [2.05, 4.69) is 51.5 Å². The summed E-state index contributed by atoms with van der Waals surface area (Å²) in [5.41, 5.74) is 5.51. The summed E-state index contributed by atoms with van der Waals surface area (Å²) in [6.45, 7) is 3.34. The van der Waals surface area contributed by atoms with Crippen LogP contribution in [0.4, 0.5) is 4.39 Å². The Labute approximate surface area is 212 Å². The van der Waals surface area contributed by atoms with Gasteiger partial charge in [0.2, 0.25) is 0 Å². The lowest BCUT2D eigenvalue weighted by atomic mass is 9.94. The molecule has 3 aromatic rings. The summed E-state index contributed by atoms with van der Waals surface area (Å²) in [5.74, 6) is 0.259. The first-order valence-corrected chi connectivity index (χ1v) is 12.8. The van der Waals surface area contributed by atoms with Crippen LogP contribution in [0.3, 0.4) is 0 Å². The monoisotopic (exact) mass is 481 g/mol. The lowest BCUT2D eigenvalue weighted by molar-refractivity contribution is 0.0977. The molecule has 0 amide bonds. The highest BCUT2D eigenvalue weighted by molar-refractivity contribution is 5.96. The van der Waals surface area contributed by atoms with E-state index in [-0.39, 0.29) is 17.5 Å². The maximum atomic E-state index is 13.3. The minimum atomic E-state index is -0.205. The largest absolute Gasteiger partial charge is 0.349 e. The number of carbonyl (C=O) groups is 1. The number of benzene rings is 2. The zero-order valence-corrected chi connectivity index (χ0v) is 20.5. The molecule has 2 aromatic carbocycles. The Bertz CT molecular complexity index is 1220. The summed E-state index contributed by atoms with van der Waals surface area (Å²) in [5, 5.41) is 0. The van der Waals surface area contributed by atoms with E-state index < -0.39 is 0 Å². The third kappa shape index (κ3) is 6.35. The third-order valence-corrected chi connectivity index (χ3v) is 6.99. The normalized spacial score (nSPS) is 16.1. The Hall–Kier alpha value is -3.57. The van der Waals surface area contributed by atoms with Crippen molar-refractivity contribution >= 4 is 5.78 Å². The fraction of sp³-hybridized carbons (Fsp3) is 0.290. The van der Waals surface area contributed by atoms with E-state index >= 15 is 0 Å². The van der Waals surface area contributed by atoms with E-state index in [1.807, 2.05) is 42.6 Å². The van der Waals surface area contributed by atoms with Gasteiger partial charge in [0.1, 0.15) is 5.82 Å². The van der Waals surface area contributed by atoms with Crippen LogP contribution < -0.4 is 0 Å². The molecule has 0 N–H and O–H groups in total. The van der Waals surface area contributed by atoms with Crippen molar-refractivity contribution in [3.63, 3.8) is 0 Å². The van der Waals surface area contributed by atoms with Crippen LogP contribution in [-0.2, 0) is 26.1 Å². The van der Waals surface area contributed by atoms with Gasteiger partial charge in [-0.25, -0.2) is 4.39 Å². The molecule has 0 aliphatic carbocycles. The second-order valence-corrected chi connectivity index (χ2v) is 9.73. The molecule has 0 unspecified atom stereocenters. The maximum Gasteiger partial charge on any atom is 0.162 e. The molecule has 0 spiro atoms. The number of carbonyl (C=O) groups excluding carboxylic acids is 1. The van der Waals surface area contributed by atoms with E-state index in [1.54, 1.807) is 0 Å². The van der Waals surface area contributed by atoms with Gasteiger partial charge in [0, 0.05) is 43.7 Å². The van der Waals surface area contributed by atoms with Gasteiger partial charge in [-0.05, 0) is 78.7 Å². The fourth-order valence-corrected chi connectivity index (χ4v) is 4.96. The van der Waals surface area contributed by atoms with Crippen LogP contribution in [0.15, 0.2) is 91.4 Å². The van der Waals surface area contributed by atoms with Crippen LogP contribution in [0.25, 0.3) is 0 Å². The van der Waals surface area contributed by atoms with Gasteiger partial charge in [-0.1, -0.05) is 42.5 Å². The van der Waals surface area contributed by atoms with Gasteiger partial charge in [0.05, 0.1) is 12.2 Å². The molecule has 0 fully saturated rings. The van der Waals surface area contributed by atoms with Crippen LogP contribution in [0.5, 0.6) is 0 Å². The number of aryl methyl sites for hydroxylation is 1. The molecule has 0 bridgehead atoms. The van der Waals surface area contributed by atoms with Crippen LogP contribution in [0.2, 0.25) is 0 Å². The second-order valence-electron chi connectivity index (χ2n) is 9.73. The summed E-state index contributed by atoms with van der Waals surface area (Å²) in [6.07, 6.45) is 13.8. The topological polar surface area (TPSA) is 36.4 Å². The van der Waals surface area contributed by atoms with Crippen molar-refractivity contribution < 1.29 is 9.18 Å². The number of nitrogens with zero attached hydrogens (tertiary/aromatic N) is 3. The molecule has 0 saturated carbocycles. The maximum absolute atomic E-state index is 13.3. The van der Waals surface area contributed by atoms with Gasteiger partial charge in [0.15, 0.2) is 5.78 Å². The summed E-state index contributed by atoms with van der Waals surface area (Å²) < 4.78 is 13.3. The molecular weight excluding hydrogens is 449 g/mol. The molecule has 36 heavy (non-hydrogen) atoms. The van der Waals surface area contributed by atoms with Gasteiger partial charge in [-0.3, -0.25) is 14.7 Å². The van der Waals surface area contributed by atoms with Crippen molar-refractivity contribution in [3.8, 4) is 0 Å². The Morgan fingerprint density at radius 3 is 2.58 bits per heavy atom. The molecule has 2 aliphatic heterocycles. The van der Waals surface area contributed by atoms with Gasteiger partial charge in [-0.15, -0.1) is 0 Å². The molecule has 5 heteroatoms. The van der Waals surface area contributed by atoms with E-state index in [1.165, 1.54) is 23.3 Å². The van der Waals surface area contributed by atoms with Crippen molar-refractivity contribution in [2.45, 2.75) is 45.3 Å². The van der Waals surface area contributed by atoms with Crippen molar-refractivity contribution in [2.75, 3.05) is 6.54 Å². The van der Waals surface area contributed by atoms with Crippen molar-refractivity contribution in [1.29, 1.82) is 0 Å². The predicted octanol–water partition coefficient (Wildman–Crippen LogP) is 6.29. The summed E-state index contributed by atoms with van der Waals surface area (Å²) in [7, 11) is 0. The molecule has 5 rings (SSSR count). The number of pyridine rings is 1. The van der Waals surface area contributed by atoms with Crippen molar-refractivity contribution in [1.82, 2.24) is 14.8 Å². The van der Waals surface area contributed by atoms with Crippen LogP contribution >= 0.6 is 0 Å². The Morgan fingerprint density at radius 2 is 1.81 bits per heavy atom. The van der Waals surface area contributed by atoms with Gasteiger partial charge in [0.25, 0.3) is 0 Å². The highest BCUT2D eigenvalue weighted by Gasteiger charge is 2.18. The summed E-state index contributed by atoms with van der Waals surface area (Å²) in [4.78, 5) is 21.9. The first-order valence-electron chi connectivity index (χ1n) is 12.8. The zero-order valence-electron chi connectivity index (χ0n) is 20.5. The number of hydrogen-bond acceptors (Lipinski definition) is 4. The zero-order chi connectivity index (χ0) is 24.7. The van der Waals surface area contributed by atoms with Crippen LogP contribution in [-0.4, -0.2) is 27.1 Å². The van der Waals surface area contributed by atoms with Gasteiger partial charge >= 0.3 is 0 Å². The SMILES string of the molecule is O=C(CCC1C=CN(Cc2ccccn2)C=C1)c1ccc2c(c1)CN(Cc1ccc(F)cc1)CCC2. The lowest BCUT2D eigenvalue weighted by Crippen LogP contribution is -2.22. The predicted molar refractivity (Wildman–Crippen MR) is 140 cm³/mol. The molecule has 0 radical (unpaired) electrons. The molecule has 4 nitrogen and oxygen atoms in total. The number of fused-ring (bicyclic) bond motifs is 1. The number of halogens is 1. The Balaban J connectivity index is 1.16. The second kappa shape index (κ2) is 11.4. The number of hydrogen-bond donors (Lipinski definition) is 0. The average Bonchev–Trinajstić information content (AvgIpc) is 3.11. The van der Waals surface area contributed by atoms with E-state index in [9.17, 15) is 9.18 Å². The highest BCUT2D eigenvalue weighted by Crippen LogP contribution is 2.24.